The highest BCUT2D eigenvalue weighted by Gasteiger charge is 2.23. The summed E-state index contributed by atoms with van der Waals surface area (Å²) in [7, 11) is -3.86. The standard InChI is InChI=1S/C16H18N2O4S/c1-11-9-15(10-16(12(11)2)18(19)20)23(21,22)17-13(3)14-7-5-4-6-8-14/h4-10,13,17H,1-3H3/t13-/m0/s1. The Morgan fingerprint density at radius 1 is 1.13 bits per heavy atom. The molecule has 2 aromatic rings. The minimum absolute atomic E-state index is 0.102. The predicted molar refractivity (Wildman–Crippen MR) is 87.7 cm³/mol. The van der Waals surface area contributed by atoms with Gasteiger partial charge >= 0.3 is 0 Å². The molecule has 1 N–H and O–H groups in total. The molecule has 23 heavy (non-hydrogen) atoms. The molecule has 0 amide bonds. The Hall–Kier alpha value is -2.25. The summed E-state index contributed by atoms with van der Waals surface area (Å²) in [5.41, 5.74) is 1.64. The zero-order valence-corrected chi connectivity index (χ0v) is 13.9. The van der Waals surface area contributed by atoms with Gasteiger partial charge in [-0.05, 0) is 38.0 Å². The van der Waals surface area contributed by atoms with E-state index in [1.165, 1.54) is 6.07 Å². The zero-order chi connectivity index (χ0) is 17.2. The third-order valence-corrected chi connectivity index (χ3v) is 5.27. The molecule has 0 radical (unpaired) electrons. The number of nitro benzene ring substituents is 1. The van der Waals surface area contributed by atoms with Crippen molar-refractivity contribution < 1.29 is 13.3 Å². The minimum atomic E-state index is -3.86. The molecule has 0 spiro atoms. The number of nitrogens with zero attached hydrogens (tertiary/aromatic N) is 1. The van der Waals surface area contributed by atoms with Gasteiger partial charge < -0.3 is 0 Å². The summed E-state index contributed by atoms with van der Waals surface area (Å²) in [6.45, 7) is 4.98. The molecule has 0 aliphatic rings. The van der Waals surface area contributed by atoms with Crippen LogP contribution in [0.5, 0.6) is 0 Å². The second kappa shape index (κ2) is 6.47. The molecule has 0 saturated heterocycles. The zero-order valence-electron chi connectivity index (χ0n) is 13.1. The minimum Gasteiger partial charge on any atom is -0.258 e. The first-order chi connectivity index (χ1) is 10.7. The molecular formula is C16H18N2O4S. The van der Waals surface area contributed by atoms with Gasteiger partial charge in [-0.2, -0.15) is 0 Å². The fourth-order valence-electron chi connectivity index (χ4n) is 2.26. The summed E-state index contributed by atoms with van der Waals surface area (Å²) in [5, 5.41) is 11.1. The van der Waals surface area contributed by atoms with E-state index in [0.29, 0.717) is 11.1 Å². The van der Waals surface area contributed by atoms with Crippen LogP contribution in [0, 0.1) is 24.0 Å². The quantitative estimate of drug-likeness (QED) is 0.671. The molecule has 0 heterocycles. The van der Waals surface area contributed by atoms with Gasteiger partial charge in [0.15, 0.2) is 0 Å². The van der Waals surface area contributed by atoms with Gasteiger partial charge in [0.2, 0.25) is 10.0 Å². The molecule has 0 saturated carbocycles. The lowest BCUT2D eigenvalue weighted by Crippen LogP contribution is -2.27. The van der Waals surface area contributed by atoms with Crippen molar-refractivity contribution in [1.29, 1.82) is 0 Å². The maximum Gasteiger partial charge on any atom is 0.273 e. The van der Waals surface area contributed by atoms with Crippen LogP contribution in [0.1, 0.15) is 29.7 Å². The molecule has 122 valence electrons. The Morgan fingerprint density at radius 2 is 1.74 bits per heavy atom. The molecule has 6 nitrogen and oxygen atoms in total. The topological polar surface area (TPSA) is 89.3 Å². The van der Waals surface area contributed by atoms with E-state index < -0.39 is 21.0 Å². The van der Waals surface area contributed by atoms with E-state index in [9.17, 15) is 18.5 Å². The normalized spacial score (nSPS) is 12.8. The average Bonchev–Trinajstić information content (AvgIpc) is 2.49. The van der Waals surface area contributed by atoms with Gasteiger partial charge in [0.25, 0.3) is 5.69 Å². The third-order valence-electron chi connectivity index (χ3n) is 3.75. The summed E-state index contributed by atoms with van der Waals surface area (Å²) >= 11 is 0. The van der Waals surface area contributed by atoms with Crippen molar-refractivity contribution in [3.63, 3.8) is 0 Å². The molecule has 2 rings (SSSR count). The number of sulfonamides is 1. The van der Waals surface area contributed by atoms with Gasteiger partial charge in [-0.3, -0.25) is 10.1 Å². The molecular weight excluding hydrogens is 316 g/mol. The highest BCUT2D eigenvalue weighted by Crippen LogP contribution is 2.26. The molecule has 0 unspecified atom stereocenters. The lowest BCUT2D eigenvalue weighted by atomic mass is 10.1. The molecule has 0 aromatic heterocycles. The van der Waals surface area contributed by atoms with E-state index in [1.54, 1.807) is 20.8 Å². The summed E-state index contributed by atoms with van der Waals surface area (Å²) in [6.07, 6.45) is 0. The van der Waals surface area contributed by atoms with E-state index in [4.69, 9.17) is 0 Å². The maximum absolute atomic E-state index is 12.5. The number of hydrogen-bond donors (Lipinski definition) is 1. The Kier molecular flexibility index (Phi) is 4.82. The fraction of sp³-hybridized carbons (Fsp3) is 0.250. The highest BCUT2D eigenvalue weighted by atomic mass is 32.2. The maximum atomic E-state index is 12.5. The van der Waals surface area contributed by atoms with E-state index in [2.05, 4.69) is 4.72 Å². The van der Waals surface area contributed by atoms with E-state index in [0.717, 1.165) is 11.6 Å². The lowest BCUT2D eigenvalue weighted by molar-refractivity contribution is -0.385. The molecule has 0 fully saturated rings. The molecule has 0 aliphatic carbocycles. The summed E-state index contributed by atoms with van der Waals surface area (Å²) < 4.78 is 27.6. The van der Waals surface area contributed by atoms with Gasteiger partial charge in [0.05, 0.1) is 9.82 Å². The van der Waals surface area contributed by atoms with Crippen LogP contribution < -0.4 is 4.72 Å². The summed E-state index contributed by atoms with van der Waals surface area (Å²) in [6, 6.07) is 11.2. The molecule has 0 bridgehead atoms. The number of rotatable bonds is 5. The van der Waals surface area contributed by atoms with Gasteiger partial charge in [0.1, 0.15) is 0 Å². The van der Waals surface area contributed by atoms with Gasteiger partial charge in [-0.1, -0.05) is 30.3 Å². The number of nitro groups is 1. The smallest absolute Gasteiger partial charge is 0.258 e. The van der Waals surface area contributed by atoms with Gasteiger partial charge in [-0.15, -0.1) is 0 Å². The van der Waals surface area contributed by atoms with Crippen LogP contribution in [0.15, 0.2) is 47.4 Å². The van der Waals surface area contributed by atoms with Crippen LogP contribution >= 0.6 is 0 Å². The molecule has 7 heteroatoms. The number of aryl methyl sites for hydroxylation is 1. The first kappa shape index (κ1) is 17.1. The van der Waals surface area contributed by atoms with Crippen molar-refractivity contribution in [3.8, 4) is 0 Å². The SMILES string of the molecule is Cc1cc(S(=O)(=O)N[C@@H](C)c2ccccc2)cc([N+](=O)[O-])c1C. The van der Waals surface area contributed by atoms with E-state index in [1.807, 2.05) is 30.3 Å². The van der Waals surface area contributed by atoms with Crippen molar-refractivity contribution in [3.05, 3.63) is 69.3 Å². The van der Waals surface area contributed by atoms with E-state index in [-0.39, 0.29) is 10.6 Å². The third kappa shape index (κ3) is 3.75. The van der Waals surface area contributed by atoms with Crippen molar-refractivity contribution in [2.75, 3.05) is 0 Å². The molecule has 0 aliphatic heterocycles. The van der Waals surface area contributed by atoms with Gasteiger partial charge in [-0.25, -0.2) is 13.1 Å². The molecule has 1 atom stereocenters. The predicted octanol–water partition coefficient (Wildman–Crippen LogP) is 3.25. The van der Waals surface area contributed by atoms with Crippen LogP contribution in [0.4, 0.5) is 5.69 Å². The fourth-order valence-corrected chi connectivity index (χ4v) is 3.60. The Bertz CT molecular complexity index is 833. The average molecular weight is 334 g/mol. The molecule has 2 aromatic carbocycles. The Balaban J connectivity index is 2.39. The van der Waals surface area contributed by atoms with Crippen molar-refractivity contribution in [1.82, 2.24) is 4.72 Å². The largest absolute Gasteiger partial charge is 0.273 e. The summed E-state index contributed by atoms with van der Waals surface area (Å²) in [5.74, 6) is 0. The van der Waals surface area contributed by atoms with Crippen molar-refractivity contribution in [2.24, 2.45) is 0 Å². The van der Waals surface area contributed by atoms with Crippen LogP contribution in [0.25, 0.3) is 0 Å². The number of hydrogen-bond acceptors (Lipinski definition) is 4. The monoisotopic (exact) mass is 334 g/mol. The summed E-state index contributed by atoms with van der Waals surface area (Å²) in [4.78, 5) is 10.4. The highest BCUT2D eigenvalue weighted by molar-refractivity contribution is 7.89. The second-order valence-electron chi connectivity index (χ2n) is 5.40. The first-order valence-corrected chi connectivity index (χ1v) is 8.53. The Labute approximate surface area is 135 Å². The second-order valence-corrected chi connectivity index (χ2v) is 7.11. The van der Waals surface area contributed by atoms with Crippen LogP contribution in [0.2, 0.25) is 0 Å². The van der Waals surface area contributed by atoms with Crippen LogP contribution in [-0.2, 0) is 10.0 Å². The van der Waals surface area contributed by atoms with E-state index >= 15 is 0 Å². The first-order valence-electron chi connectivity index (χ1n) is 7.05. The van der Waals surface area contributed by atoms with Gasteiger partial charge in [0, 0.05) is 17.7 Å². The number of benzene rings is 2. The Morgan fingerprint density at radius 3 is 2.30 bits per heavy atom. The van der Waals surface area contributed by atoms with Crippen molar-refractivity contribution in [2.45, 2.75) is 31.7 Å². The van der Waals surface area contributed by atoms with Crippen molar-refractivity contribution >= 4 is 15.7 Å². The lowest BCUT2D eigenvalue weighted by Gasteiger charge is -2.15. The number of nitrogens with one attached hydrogen (secondary N) is 1. The van der Waals surface area contributed by atoms with Crippen LogP contribution in [-0.4, -0.2) is 13.3 Å². The van der Waals surface area contributed by atoms with Crippen LogP contribution in [0.3, 0.4) is 0 Å².